The lowest BCUT2D eigenvalue weighted by Gasteiger charge is -1.97. The van der Waals surface area contributed by atoms with Crippen LogP contribution in [0.2, 0.25) is 0 Å². The molecule has 0 spiro atoms. The van der Waals surface area contributed by atoms with Gasteiger partial charge in [0.2, 0.25) is 0 Å². The predicted octanol–water partition coefficient (Wildman–Crippen LogP) is 3.71. The van der Waals surface area contributed by atoms with Crippen LogP contribution in [0.5, 0.6) is 0 Å². The lowest BCUT2D eigenvalue weighted by atomic mass is 10.4. The summed E-state index contributed by atoms with van der Waals surface area (Å²) in [6.07, 6.45) is 0. The minimum absolute atomic E-state index is 1.16. The molecule has 0 saturated heterocycles. The monoisotopic (exact) mass is 580 g/mol. The molecule has 0 heterocycles. The Morgan fingerprint density at radius 1 is 0.600 bits per heavy atom. The van der Waals surface area contributed by atoms with E-state index in [1.54, 1.807) is 0 Å². The molecule has 0 unspecified atom stereocenters. The van der Waals surface area contributed by atoms with E-state index in [2.05, 4.69) is 102 Å². The van der Waals surface area contributed by atoms with Gasteiger partial charge < -0.3 is 0 Å². The van der Waals surface area contributed by atoms with Crippen molar-refractivity contribution in [3.63, 3.8) is 0 Å². The van der Waals surface area contributed by atoms with Crippen molar-refractivity contribution < 1.29 is 0 Å². The molecule has 0 atom stereocenters. The normalized spacial score (nSPS) is 10.0. The van der Waals surface area contributed by atoms with Crippen molar-refractivity contribution in [1.82, 2.24) is 0 Å². The molecule has 0 amide bonds. The lowest BCUT2D eigenvalue weighted by Crippen LogP contribution is -1.86. The Morgan fingerprint density at radius 3 is 1.00 bits per heavy atom. The van der Waals surface area contributed by atoms with Crippen molar-refractivity contribution in [2.24, 2.45) is 0 Å². The van der Waals surface area contributed by atoms with Gasteiger partial charge in [-0.1, -0.05) is 0 Å². The van der Waals surface area contributed by atoms with Crippen molar-refractivity contribution in [3.05, 3.63) is 26.4 Å². The Kier molecular flexibility index (Phi) is 4.49. The first-order chi connectivity index (χ1) is 4.61. The Balaban J connectivity index is 3.28. The van der Waals surface area contributed by atoms with Crippen molar-refractivity contribution in [3.8, 4) is 0 Å². The fourth-order valence-electron chi connectivity index (χ4n) is 0.412. The summed E-state index contributed by atoms with van der Waals surface area (Å²) < 4.78 is 4.62. The zero-order chi connectivity index (χ0) is 7.72. The van der Waals surface area contributed by atoms with E-state index in [1.807, 2.05) is 0 Å². The number of hydrogen-bond acceptors (Lipinski definition) is 0. The highest BCUT2D eigenvalue weighted by molar-refractivity contribution is 14.1. The summed E-state index contributed by atoms with van der Waals surface area (Å²) in [4.78, 5) is 0. The third-order valence-electron chi connectivity index (χ3n) is 0.824. The maximum atomic E-state index is 3.23. The molecular weight excluding hydrogens is 580 g/mol. The molecule has 0 aliphatic heterocycles. The standard InChI is InChI=1S/C6I4/c7-3-1-4(8)6(10)2-5(3)9. The van der Waals surface area contributed by atoms with Gasteiger partial charge in [0.25, 0.3) is 0 Å². The van der Waals surface area contributed by atoms with Crippen LogP contribution in [0.15, 0.2) is 0 Å². The molecule has 0 bridgehead atoms. The fourth-order valence-corrected chi connectivity index (χ4v) is 3.06. The molecule has 0 aromatic heterocycles. The van der Waals surface area contributed by atoms with Crippen LogP contribution in [-0.4, -0.2) is 0 Å². The maximum Gasteiger partial charge on any atom is 0.0360 e. The highest BCUT2D eigenvalue weighted by Crippen LogP contribution is 2.21. The molecule has 1 aromatic rings. The third kappa shape index (κ3) is 2.57. The number of benzene rings is 1. The largest absolute Gasteiger partial charge is 0.0424 e. The number of hydrogen-bond donors (Lipinski definition) is 0. The van der Waals surface area contributed by atoms with Gasteiger partial charge >= 0.3 is 0 Å². The summed E-state index contributed by atoms with van der Waals surface area (Å²) in [5, 5.41) is 0. The van der Waals surface area contributed by atoms with Crippen molar-refractivity contribution >= 4 is 90.4 Å². The first-order valence-electron chi connectivity index (χ1n) is 2.26. The third-order valence-corrected chi connectivity index (χ3v) is 6.12. The van der Waals surface area contributed by atoms with Crippen LogP contribution in [0.25, 0.3) is 0 Å². The molecule has 4 heteroatoms. The van der Waals surface area contributed by atoms with Gasteiger partial charge in [0.1, 0.15) is 0 Å². The van der Waals surface area contributed by atoms with Crippen LogP contribution in [-0.2, 0) is 0 Å². The second kappa shape index (κ2) is 4.40. The van der Waals surface area contributed by atoms with Gasteiger partial charge in [0.15, 0.2) is 0 Å². The second-order valence-corrected chi connectivity index (χ2v) is 5.82. The van der Waals surface area contributed by atoms with Gasteiger partial charge in [0.05, 0.1) is 0 Å². The average Bonchev–Trinajstić information content (AvgIpc) is 1.84. The van der Waals surface area contributed by atoms with E-state index in [4.69, 9.17) is 0 Å². The van der Waals surface area contributed by atoms with E-state index in [0.717, 1.165) is 14.3 Å². The van der Waals surface area contributed by atoms with Gasteiger partial charge in [-0.2, -0.15) is 0 Å². The van der Waals surface area contributed by atoms with E-state index in [-0.39, 0.29) is 0 Å². The molecule has 2 radical (unpaired) electrons. The van der Waals surface area contributed by atoms with Crippen LogP contribution in [0, 0.1) is 26.4 Å². The highest BCUT2D eigenvalue weighted by Gasteiger charge is 2.01. The SMILES string of the molecule is Ic1[c]c(I)c(I)[c]c1I. The molecule has 10 heavy (non-hydrogen) atoms. The van der Waals surface area contributed by atoms with E-state index in [1.165, 1.54) is 0 Å². The van der Waals surface area contributed by atoms with E-state index in [9.17, 15) is 0 Å². The quantitative estimate of drug-likeness (QED) is 0.325. The summed E-state index contributed by atoms with van der Waals surface area (Å²) >= 11 is 9.06. The molecule has 0 fully saturated rings. The van der Waals surface area contributed by atoms with E-state index >= 15 is 0 Å². The second-order valence-electron chi connectivity index (χ2n) is 1.51. The number of halogens is 4. The Labute approximate surface area is 114 Å². The summed E-state index contributed by atoms with van der Waals surface area (Å²) in [5.41, 5.74) is 0. The van der Waals surface area contributed by atoms with Gasteiger partial charge in [-0.05, 0) is 90.4 Å². The van der Waals surface area contributed by atoms with E-state index in [0.29, 0.717) is 0 Å². The lowest BCUT2D eigenvalue weighted by molar-refractivity contribution is 1.46. The van der Waals surface area contributed by atoms with Gasteiger partial charge in [0, 0.05) is 26.4 Å². The smallest absolute Gasteiger partial charge is 0.0360 e. The first-order valence-corrected chi connectivity index (χ1v) is 6.57. The molecule has 1 rings (SSSR count). The molecular formula is C6I4. The topological polar surface area (TPSA) is 0 Å². The van der Waals surface area contributed by atoms with E-state index < -0.39 is 0 Å². The average molecular weight is 580 g/mol. The summed E-state index contributed by atoms with van der Waals surface area (Å²) in [6, 6.07) is 6.47. The van der Waals surface area contributed by atoms with Crippen molar-refractivity contribution in [1.29, 1.82) is 0 Å². The zero-order valence-corrected chi connectivity index (χ0v) is 13.1. The first kappa shape index (κ1) is 10.2. The Bertz CT molecular complexity index is 206. The van der Waals surface area contributed by atoms with Crippen LogP contribution < -0.4 is 0 Å². The van der Waals surface area contributed by atoms with Gasteiger partial charge in [-0.3, -0.25) is 0 Å². The molecule has 1 aromatic carbocycles. The van der Waals surface area contributed by atoms with Crippen LogP contribution >= 0.6 is 90.4 Å². The summed E-state index contributed by atoms with van der Waals surface area (Å²) in [5.74, 6) is 0. The van der Waals surface area contributed by atoms with Crippen molar-refractivity contribution in [2.45, 2.75) is 0 Å². The zero-order valence-electron chi connectivity index (χ0n) is 4.51. The summed E-state index contributed by atoms with van der Waals surface area (Å²) in [6.45, 7) is 0. The molecule has 0 aliphatic rings. The van der Waals surface area contributed by atoms with Crippen LogP contribution in [0.3, 0.4) is 0 Å². The van der Waals surface area contributed by atoms with Gasteiger partial charge in [-0.25, -0.2) is 0 Å². The summed E-state index contributed by atoms with van der Waals surface area (Å²) in [7, 11) is 0. The minimum Gasteiger partial charge on any atom is -0.0424 e. The molecule has 0 aliphatic carbocycles. The predicted molar refractivity (Wildman–Crippen MR) is 75.0 cm³/mol. The molecule has 0 saturated carbocycles. The minimum atomic E-state index is 1.16. The molecule has 0 nitrogen and oxygen atoms in total. The number of rotatable bonds is 0. The van der Waals surface area contributed by atoms with Crippen LogP contribution in [0.4, 0.5) is 0 Å². The molecule has 0 N–H and O–H groups in total. The fraction of sp³-hybridized carbons (Fsp3) is 0. The maximum absolute atomic E-state index is 3.23. The van der Waals surface area contributed by atoms with Gasteiger partial charge in [-0.15, -0.1) is 0 Å². The Morgan fingerprint density at radius 2 is 0.800 bits per heavy atom. The molecule has 52 valence electrons. The van der Waals surface area contributed by atoms with Crippen molar-refractivity contribution in [2.75, 3.05) is 0 Å². The highest BCUT2D eigenvalue weighted by atomic mass is 127. The Hall–Kier alpha value is 2.14. The van der Waals surface area contributed by atoms with Crippen LogP contribution in [0.1, 0.15) is 0 Å².